The first kappa shape index (κ1) is 50.8. The van der Waals surface area contributed by atoms with Crippen LogP contribution < -0.4 is 27.0 Å². The van der Waals surface area contributed by atoms with E-state index in [2.05, 4.69) is 64.7 Å². The Morgan fingerprint density at radius 1 is 0.709 bits per heavy atom. The lowest BCUT2D eigenvalue weighted by Crippen LogP contribution is -2.30. The summed E-state index contributed by atoms with van der Waals surface area (Å²) < 4.78 is 25.2. The van der Waals surface area contributed by atoms with Crippen molar-refractivity contribution in [1.82, 2.24) is 69.6 Å². The summed E-state index contributed by atoms with van der Waals surface area (Å²) in [5.74, 6) is -3.22. The number of aromatic nitrogens is 10. The Labute approximate surface area is 447 Å². The molecule has 79 heavy (non-hydrogen) atoms. The van der Waals surface area contributed by atoms with Gasteiger partial charge in [-0.15, -0.1) is 0 Å². The van der Waals surface area contributed by atoms with Crippen LogP contribution in [0.3, 0.4) is 0 Å². The summed E-state index contributed by atoms with van der Waals surface area (Å²) in [5.41, 5.74) is 10.8. The minimum Gasteiger partial charge on any atom is -0.508 e. The molecular formula is C56H49FN14O8. The van der Waals surface area contributed by atoms with E-state index in [1.807, 2.05) is 44.2 Å². The second-order valence-electron chi connectivity index (χ2n) is 19.2. The van der Waals surface area contributed by atoms with E-state index in [1.54, 1.807) is 48.1 Å². The van der Waals surface area contributed by atoms with E-state index in [-0.39, 0.29) is 71.0 Å². The number of aliphatic hydroxyl groups excluding tert-OH is 2. The van der Waals surface area contributed by atoms with E-state index in [0.29, 0.717) is 51.9 Å². The molecule has 10 aromatic rings. The lowest BCUT2D eigenvalue weighted by atomic mass is 9.97. The Bertz CT molecular complexity index is 4260. The highest BCUT2D eigenvalue weighted by atomic mass is 19.1. The van der Waals surface area contributed by atoms with Crippen LogP contribution in [-0.2, 0) is 33.0 Å². The summed E-state index contributed by atoms with van der Waals surface area (Å²) in [6.07, 6.45) is 8.54. The van der Waals surface area contributed by atoms with Crippen molar-refractivity contribution in [2.75, 3.05) is 0 Å². The number of nitrogens with one attached hydrogen (secondary N) is 4. The van der Waals surface area contributed by atoms with Crippen molar-refractivity contribution >= 4 is 63.2 Å². The smallest absolute Gasteiger partial charge is 0.419 e. The van der Waals surface area contributed by atoms with Gasteiger partial charge in [0.15, 0.2) is 28.3 Å². The molecule has 4 amide bonds. The number of oxazole rings is 1. The van der Waals surface area contributed by atoms with E-state index in [9.17, 15) is 38.6 Å². The van der Waals surface area contributed by atoms with Gasteiger partial charge in [-0.1, -0.05) is 49.6 Å². The molecule has 0 saturated heterocycles. The second kappa shape index (κ2) is 20.3. The Balaban J connectivity index is 0.000000168. The predicted octanol–water partition coefficient (Wildman–Crippen LogP) is 6.45. The molecule has 6 N–H and O–H groups in total. The Morgan fingerprint density at radius 3 is 1.94 bits per heavy atom. The zero-order valence-electron chi connectivity index (χ0n) is 42.7. The summed E-state index contributed by atoms with van der Waals surface area (Å²) in [7, 11) is 1.58. The van der Waals surface area contributed by atoms with Crippen molar-refractivity contribution in [1.29, 1.82) is 0 Å². The number of aryl methyl sites for hydroxylation is 1. The first-order valence-electron chi connectivity index (χ1n) is 25.0. The predicted molar refractivity (Wildman–Crippen MR) is 285 cm³/mol. The molecule has 2 aliphatic rings. The highest BCUT2D eigenvalue weighted by Crippen LogP contribution is 2.37. The first-order valence-corrected chi connectivity index (χ1v) is 25.0. The molecule has 0 spiro atoms. The molecule has 7 aromatic heterocycles. The van der Waals surface area contributed by atoms with Crippen LogP contribution in [0.15, 0.2) is 120 Å². The van der Waals surface area contributed by atoms with Gasteiger partial charge in [-0.2, -0.15) is 15.3 Å². The number of pyridine rings is 1. The molecule has 12 rings (SSSR count). The molecule has 2 atom stereocenters. The third-order valence-electron chi connectivity index (χ3n) is 14.4. The maximum absolute atomic E-state index is 14.5. The topological polar surface area (TPSA) is 283 Å². The summed E-state index contributed by atoms with van der Waals surface area (Å²) in [6, 6.07) is 19.9. The number of carbonyl (C=O) groups excluding carboxylic acids is 4. The quantitative estimate of drug-likeness (QED) is 0.0717. The van der Waals surface area contributed by atoms with Crippen LogP contribution in [0.25, 0.3) is 39.6 Å². The molecule has 0 radical (unpaired) electrons. The fraction of sp³-hybridized carbons (Fsp3) is 0.196. The van der Waals surface area contributed by atoms with Gasteiger partial charge in [0.1, 0.15) is 40.6 Å². The van der Waals surface area contributed by atoms with Crippen LogP contribution in [0.1, 0.15) is 123 Å². The number of amides is 4. The molecule has 3 aromatic carbocycles. The molecule has 398 valence electrons. The number of fused-ring (bicyclic) bond motifs is 6. The van der Waals surface area contributed by atoms with Gasteiger partial charge in [0, 0.05) is 55.7 Å². The van der Waals surface area contributed by atoms with Gasteiger partial charge in [0.25, 0.3) is 23.6 Å². The average molecular weight is 1070 g/mol. The van der Waals surface area contributed by atoms with E-state index in [4.69, 9.17) is 4.42 Å². The van der Waals surface area contributed by atoms with E-state index in [0.717, 1.165) is 62.5 Å². The van der Waals surface area contributed by atoms with Crippen molar-refractivity contribution in [2.24, 2.45) is 7.05 Å². The molecule has 7 heterocycles. The zero-order chi connectivity index (χ0) is 55.4. The van der Waals surface area contributed by atoms with Crippen LogP contribution in [-0.4, -0.2) is 82.2 Å². The molecule has 23 heteroatoms. The number of rotatable bonds is 12. The summed E-state index contributed by atoms with van der Waals surface area (Å²) in [5, 5.41) is 43.7. The van der Waals surface area contributed by atoms with Crippen LogP contribution in [0.2, 0.25) is 0 Å². The third kappa shape index (κ3) is 9.57. The van der Waals surface area contributed by atoms with Gasteiger partial charge < -0.3 is 35.9 Å². The minimum absolute atomic E-state index is 0.0175. The third-order valence-corrected chi connectivity index (χ3v) is 14.4. The summed E-state index contributed by atoms with van der Waals surface area (Å²) in [6.45, 7) is 11.4. The number of nitrogens with zero attached hydrogens (tertiary/aromatic N) is 10. The van der Waals surface area contributed by atoms with Gasteiger partial charge in [-0.25, -0.2) is 37.7 Å². The minimum atomic E-state index is -0.779. The summed E-state index contributed by atoms with van der Waals surface area (Å²) in [4.78, 5) is 77.3. The van der Waals surface area contributed by atoms with Crippen LogP contribution >= 0.6 is 0 Å². The van der Waals surface area contributed by atoms with Crippen molar-refractivity contribution in [3.8, 4) is 0 Å². The highest BCUT2D eigenvalue weighted by molar-refractivity contribution is 5.99. The number of benzene rings is 3. The SMILES string of the molecule is C=C(O)c1ccc2c(c1C)CC[C@@H]2NC(=O)c1cc(C(=O)NCc2ccc3ncnn3c2)nc2ccnn12.C=C(O)c1ccc2c(c1C)CC[C@@H]2NC(=O)c1cc(C(=O)NCc2ccc3oc(=O)n(C)c3c2)nc2c(F)cnn12. The Kier molecular flexibility index (Phi) is 13.1. The van der Waals surface area contributed by atoms with Gasteiger partial charge in [-0.3, -0.25) is 23.7 Å². The molecule has 2 aliphatic carbocycles. The standard InChI is InChI=1S/C29H25FN6O5.C27H24N8O3/c1-14-17(15(2)37)5-6-19-18(14)7-8-21(19)34-28(39)24-11-22(33-26-20(30)13-32-36(24)26)27(38)31-12-16-4-9-25-23(10-16)35(3)29(40)41-25;1-15-18(16(2)36)4-5-20-19(15)6-7-21(20)33-27(38)23-11-22(32-25-9-10-30-35(23)25)26(37)28-12-17-3-8-24-29-14-31-34(24)13-17/h4-6,9-11,13,21,37H,2,7-8,12H2,1,3H3,(H,31,38)(H,34,39);3-5,8-11,13-14,21,36H,2,6-7,12H2,1H3,(H,28,37)(H,33,38)/t2*21-/m00/s1. The molecule has 0 saturated carbocycles. The van der Waals surface area contributed by atoms with E-state index < -0.39 is 29.3 Å². The molecule has 22 nitrogen and oxygen atoms in total. The molecular weight excluding hydrogens is 1020 g/mol. The maximum Gasteiger partial charge on any atom is 0.419 e. The van der Waals surface area contributed by atoms with Gasteiger partial charge in [0.05, 0.1) is 30.0 Å². The molecule has 0 aliphatic heterocycles. The first-order chi connectivity index (χ1) is 38.0. The number of hydrogen-bond donors (Lipinski definition) is 6. The largest absolute Gasteiger partial charge is 0.508 e. The van der Waals surface area contributed by atoms with Gasteiger partial charge in [0.2, 0.25) is 0 Å². The maximum atomic E-state index is 14.5. The second-order valence-corrected chi connectivity index (χ2v) is 19.2. The number of hydrogen-bond acceptors (Lipinski definition) is 14. The number of aliphatic hydroxyl groups is 2. The highest BCUT2D eigenvalue weighted by Gasteiger charge is 2.31. The molecule has 0 unspecified atom stereocenters. The monoisotopic (exact) mass is 1060 g/mol. The lowest BCUT2D eigenvalue weighted by Gasteiger charge is -2.16. The van der Waals surface area contributed by atoms with Crippen LogP contribution in [0.4, 0.5) is 4.39 Å². The number of halogens is 1. The van der Waals surface area contributed by atoms with Crippen LogP contribution in [0, 0.1) is 19.7 Å². The number of carbonyl (C=O) groups is 4. The molecule has 0 fully saturated rings. The van der Waals surface area contributed by atoms with E-state index in [1.165, 1.54) is 33.7 Å². The normalized spacial score (nSPS) is 14.4. The van der Waals surface area contributed by atoms with Crippen molar-refractivity contribution in [3.63, 3.8) is 0 Å². The van der Waals surface area contributed by atoms with Crippen LogP contribution in [0.5, 0.6) is 0 Å². The Hall–Kier alpha value is -10.3. The lowest BCUT2D eigenvalue weighted by molar-refractivity contribution is 0.0916. The Morgan fingerprint density at radius 2 is 1.30 bits per heavy atom. The van der Waals surface area contributed by atoms with Gasteiger partial charge in [-0.05, 0) is 102 Å². The fourth-order valence-corrected chi connectivity index (χ4v) is 10.3. The molecule has 0 bridgehead atoms. The van der Waals surface area contributed by atoms with E-state index >= 15 is 0 Å². The zero-order valence-corrected chi connectivity index (χ0v) is 42.7. The van der Waals surface area contributed by atoms with Crippen molar-refractivity contribution in [3.05, 3.63) is 206 Å². The average Bonchev–Trinajstić information content (AvgIpc) is 4.42. The van der Waals surface area contributed by atoms with Gasteiger partial charge >= 0.3 is 5.76 Å². The van der Waals surface area contributed by atoms with Crippen molar-refractivity contribution < 1.29 is 38.2 Å². The summed E-state index contributed by atoms with van der Waals surface area (Å²) >= 11 is 0. The van der Waals surface area contributed by atoms with Crippen molar-refractivity contribution in [2.45, 2.75) is 64.7 Å². The fourth-order valence-electron chi connectivity index (χ4n) is 10.3.